The van der Waals surface area contributed by atoms with Gasteiger partial charge in [0.05, 0.1) is 11.8 Å². The van der Waals surface area contributed by atoms with Crippen molar-refractivity contribution in [1.82, 2.24) is 5.32 Å². The molecule has 4 atom stereocenters. The fourth-order valence-corrected chi connectivity index (χ4v) is 3.88. The Morgan fingerprint density at radius 3 is 2.42 bits per heavy atom. The summed E-state index contributed by atoms with van der Waals surface area (Å²) in [7, 11) is 1.55. The van der Waals surface area contributed by atoms with Gasteiger partial charge < -0.3 is 15.7 Å². The number of amides is 2. The van der Waals surface area contributed by atoms with Gasteiger partial charge in [-0.2, -0.15) is 0 Å². The Balaban J connectivity index is 1.84. The molecule has 3 rings (SSSR count). The number of allylic oxidation sites excluding steroid dienone is 2. The van der Waals surface area contributed by atoms with E-state index < -0.39 is 17.8 Å². The van der Waals surface area contributed by atoms with Gasteiger partial charge >= 0.3 is 5.97 Å². The fraction of sp³-hybridized carbons (Fsp3) is 0.389. The van der Waals surface area contributed by atoms with Gasteiger partial charge in [-0.25, -0.2) is 0 Å². The van der Waals surface area contributed by atoms with E-state index in [1.807, 2.05) is 12.2 Å². The molecule has 0 saturated heterocycles. The first kappa shape index (κ1) is 16.2. The molecule has 1 fully saturated rings. The molecule has 0 radical (unpaired) electrons. The van der Waals surface area contributed by atoms with Crippen LogP contribution < -0.4 is 10.6 Å². The molecule has 6 heteroatoms. The van der Waals surface area contributed by atoms with Crippen LogP contribution in [0.5, 0.6) is 0 Å². The first-order valence-corrected chi connectivity index (χ1v) is 7.97. The number of hydrogen-bond donors (Lipinski definition) is 3. The number of carboxylic acids is 1. The molecular weight excluding hydrogens is 308 g/mol. The number of rotatable bonds is 4. The van der Waals surface area contributed by atoms with Crippen molar-refractivity contribution in [2.75, 3.05) is 12.4 Å². The van der Waals surface area contributed by atoms with Crippen LogP contribution in [0.4, 0.5) is 5.69 Å². The standard InChI is InChI=1S/C18H20N2O4/c1-9-12(16(21)19-2)4-3-5-13(9)20-17(22)14-10-6-7-11(8-10)15(14)18(23)24/h3-7,10-11,14-15H,8H2,1-2H3,(H,19,21)(H,20,22)(H,23,24)/t10-,11-,14+,15+/m0/s1. The predicted octanol–water partition coefficient (Wildman–Crippen LogP) is 1.82. The number of anilines is 1. The zero-order valence-electron chi connectivity index (χ0n) is 13.6. The van der Waals surface area contributed by atoms with Gasteiger partial charge in [-0.3, -0.25) is 14.4 Å². The quantitative estimate of drug-likeness (QED) is 0.735. The summed E-state index contributed by atoms with van der Waals surface area (Å²) in [6.07, 6.45) is 4.57. The van der Waals surface area contributed by atoms with E-state index in [1.54, 1.807) is 32.2 Å². The summed E-state index contributed by atoms with van der Waals surface area (Å²) in [6, 6.07) is 5.10. The summed E-state index contributed by atoms with van der Waals surface area (Å²) in [5.74, 6) is -2.79. The van der Waals surface area contributed by atoms with E-state index in [9.17, 15) is 19.5 Å². The summed E-state index contributed by atoms with van der Waals surface area (Å²) >= 11 is 0. The van der Waals surface area contributed by atoms with E-state index in [-0.39, 0.29) is 23.7 Å². The molecule has 126 valence electrons. The molecule has 2 aliphatic rings. The van der Waals surface area contributed by atoms with Crippen molar-refractivity contribution in [3.63, 3.8) is 0 Å². The smallest absolute Gasteiger partial charge is 0.307 e. The number of nitrogens with one attached hydrogen (secondary N) is 2. The van der Waals surface area contributed by atoms with Crippen molar-refractivity contribution < 1.29 is 19.5 Å². The van der Waals surface area contributed by atoms with Gasteiger partial charge in [0.15, 0.2) is 0 Å². The number of hydrogen-bond acceptors (Lipinski definition) is 3. The number of benzene rings is 1. The third-order valence-electron chi connectivity index (χ3n) is 5.11. The molecular formula is C18H20N2O4. The lowest BCUT2D eigenvalue weighted by atomic mass is 9.82. The number of carboxylic acid groups (broad SMARTS) is 1. The summed E-state index contributed by atoms with van der Waals surface area (Å²) in [4.78, 5) is 36.1. The monoisotopic (exact) mass is 328 g/mol. The van der Waals surface area contributed by atoms with Gasteiger partial charge in [-0.1, -0.05) is 18.2 Å². The Morgan fingerprint density at radius 1 is 1.12 bits per heavy atom. The lowest BCUT2D eigenvalue weighted by molar-refractivity contribution is -0.146. The zero-order chi connectivity index (χ0) is 17.4. The number of carbonyl (C=O) groups excluding carboxylic acids is 2. The van der Waals surface area contributed by atoms with Crippen molar-refractivity contribution in [2.45, 2.75) is 13.3 Å². The normalized spacial score (nSPS) is 27.1. The number of aliphatic carboxylic acids is 1. The highest BCUT2D eigenvalue weighted by Crippen LogP contribution is 2.48. The largest absolute Gasteiger partial charge is 0.481 e. The molecule has 0 heterocycles. The highest BCUT2D eigenvalue weighted by Gasteiger charge is 2.51. The van der Waals surface area contributed by atoms with Gasteiger partial charge in [-0.05, 0) is 42.9 Å². The summed E-state index contributed by atoms with van der Waals surface area (Å²) in [5.41, 5.74) is 1.69. The van der Waals surface area contributed by atoms with Gasteiger partial charge in [0, 0.05) is 18.3 Å². The van der Waals surface area contributed by atoms with E-state index >= 15 is 0 Å². The van der Waals surface area contributed by atoms with Crippen LogP contribution in [0.2, 0.25) is 0 Å². The second-order valence-electron chi connectivity index (χ2n) is 6.38. The average molecular weight is 328 g/mol. The van der Waals surface area contributed by atoms with Crippen LogP contribution in [0.15, 0.2) is 30.4 Å². The van der Waals surface area contributed by atoms with Gasteiger partial charge in [-0.15, -0.1) is 0 Å². The Hall–Kier alpha value is -2.63. The Morgan fingerprint density at radius 2 is 1.79 bits per heavy atom. The lowest BCUT2D eigenvalue weighted by Gasteiger charge is -2.24. The van der Waals surface area contributed by atoms with Crippen molar-refractivity contribution in [3.8, 4) is 0 Å². The average Bonchev–Trinajstić information content (AvgIpc) is 3.17. The van der Waals surface area contributed by atoms with Crippen LogP contribution in [-0.2, 0) is 9.59 Å². The van der Waals surface area contributed by atoms with Gasteiger partial charge in [0.1, 0.15) is 0 Å². The molecule has 1 aromatic rings. The number of fused-ring (bicyclic) bond motifs is 2. The summed E-state index contributed by atoms with van der Waals surface area (Å²) < 4.78 is 0. The predicted molar refractivity (Wildman–Crippen MR) is 88.6 cm³/mol. The molecule has 0 unspecified atom stereocenters. The maximum Gasteiger partial charge on any atom is 0.307 e. The maximum absolute atomic E-state index is 12.7. The second-order valence-corrected chi connectivity index (χ2v) is 6.38. The number of carbonyl (C=O) groups is 3. The molecule has 2 amide bonds. The Kier molecular flexibility index (Phi) is 4.13. The van der Waals surface area contributed by atoms with Crippen LogP contribution in [-0.4, -0.2) is 29.9 Å². The molecule has 0 aliphatic heterocycles. The van der Waals surface area contributed by atoms with Crippen LogP contribution >= 0.6 is 0 Å². The van der Waals surface area contributed by atoms with E-state index in [0.717, 1.165) is 0 Å². The minimum atomic E-state index is -0.928. The third kappa shape index (κ3) is 2.58. The first-order valence-electron chi connectivity index (χ1n) is 7.97. The highest BCUT2D eigenvalue weighted by molar-refractivity contribution is 6.00. The lowest BCUT2D eigenvalue weighted by Crippen LogP contribution is -2.36. The molecule has 2 aliphatic carbocycles. The van der Waals surface area contributed by atoms with Crippen molar-refractivity contribution in [1.29, 1.82) is 0 Å². The molecule has 3 N–H and O–H groups in total. The topological polar surface area (TPSA) is 95.5 Å². The van der Waals surface area contributed by atoms with E-state index in [1.165, 1.54) is 0 Å². The minimum Gasteiger partial charge on any atom is -0.481 e. The van der Waals surface area contributed by atoms with E-state index in [0.29, 0.717) is 23.2 Å². The molecule has 0 aromatic heterocycles. The molecule has 2 bridgehead atoms. The van der Waals surface area contributed by atoms with Crippen LogP contribution in [0, 0.1) is 30.6 Å². The highest BCUT2D eigenvalue weighted by atomic mass is 16.4. The zero-order valence-corrected chi connectivity index (χ0v) is 13.6. The van der Waals surface area contributed by atoms with Crippen LogP contribution in [0.1, 0.15) is 22.3 Å². The van der Waals surface area contributed by atoms with E-state index in [4.69, 9.17) is 0 Å². The Bertz CT molecular complexity index is 741. The van der Waals surface area contributed by atoms with Crippen LogP contribution in [0.25, 0.3) is 0 Å². The van der Waals surface area contributed by atoms with Gasteiger partial charge in [0.2, 0.25) is 5.91 Å². The van der Waals surface area contributed by atoms with Crippen LogP contribution in [0.3, 0.4) is 0 Å². The van der Waals surface area contributed by atoms with Gasteiger partial charge in [0.25, 0.3) is 5.91 Å². The maximum atomic E-state index is 12.7. The molecule has 24 heavy (non-hydrogen) atoms. The SMILES string of the molecule is CNC(=O)c1cccc(NC(=O)[C@H]2[C@H](C(=O)O)[C@H]3C=C[C@H]2C3)c1C. The molecule has 6 nitrogen and oxygen atoms in total. The fourth-order valence-electron chi connectivity index (χ4n) is 3.88. The Labute approximate surface area is 139 Å². The van der Waals surface area contributed by atoms with Crippen molar-refractivity contribution in [3.05, 3.63) is 41.5 Å². The third-order valence-corrected chi connectivity index (χ3v) is 5.11. The van der Waals surface area contributed by atoms with E-state index in [2.05, 4.69) is 10.6 Å². The second kappa shape index (κ2) is 6.11. The molecule has 1 aromatic carbocycles. The van der Waals surface area contributed by atoms with Crippen molar-refractivity contribution >= 4 is 23.5 Å². The minimum absolute atomic E-state index is 0.0291. The van der Waals surface area contributed by atoms with Crippen molar-refractivity contribution in [2.24, 2.45) is 23.7 Å². The first-order chi connectivity index (χ1) is 11.4. The summed E-state index contributed by atoms with van der Waals surface area (Å²) in [5, 5.41) is 14.8. The molecule has 0 spiro atoms. The molecule has 1 saturated carbocycles. The summed E-state index contributed by atoms with van der Waals surface area (Å²) in [6.45, 7) is 1.76.